The first kappa shape index (κ1) is 18.4. The minimum absolute atomic E-state index is 0.214. The molecule has 0 spiro atoms. The molecule has 3 N–H and O–H groups in total. The van der Waals surface area contributed by atoms with Gasteiger partial charge in [-0.05, 0) is 55.5 Å². The molecule has 6 nitrogen and oxygen atoms in total. The maximum absolute atomic E-state index is 11.2. The maximum atomic E-state index is 11.2. The third-order valence-electron chi connectivity index (χ3n) is 6.00. The lowest BCUT2D eigenvalue weighted by molar-refractivity contribution is 0.112. The Morgan fingerprint density at radius 1 is 1.14 bits per heavy atom. The highest BCUT2D eigenvalue weighted by atomic mass is 32.1. The van der Waals surface area contributed by atoms with Crippen molar-refractivity contribution in [3.63, 3.8) is 0 Å². The Morgan fingerprint density at radius 2 is 1.86 bits per heavy atom. The highest BCUT2D eigenvalue weighted by molar-refractivity contribution is 7.20. The molecule has 2 amide bonds. The highest BCUT2D eigenvalue weighted by Gasteiger charge is 2.40. The minimum atomic E-state index is -0.411. The van der Waals surface area contributed by atoms with E-state index in [0.717, 1.165) is 35.4 Å². The molecule has 29 heavy (non-hydrogen) atoms. The number of aromatic nitrogens is 1. The van der Waals surface area contributed by atoms with E-state index >= 15 is 0 Å². The third-order valence-corrected chi connectivity index (χ3v) is 6.91. The van der Waals surface area contributed by atoms with Gasteiger partial charge in [-0.3, -0.25) is 4.90 Å². The van der Waals surface area contributed by atoms with E-state index in [1.807, 2.05) is 30.3 Å². The molecule has 150 valence electrons. The number of para-hydroxylation sites is 1. The van der Waals surface area contributed by atoms with Gasteiger partial charge < -0.3 is 15.8 Å². The van der Waals surface area contributed by atoms with Crippen molar-refractivity contribution in [1.82, 2.24) is 15.2 Å². The van der Waals surface area contributed by atoms with Crippen molar-refractivity contribution in [2.24, 2.45) is 5.73 Å². The summed E-state index contributed by atoms with van der Waals surface area (Å²) in [6.45, 7) is 0.931. The van der Waals surface area contributed by atoms with Gasteiger partial charge in [-0.15, -0.1) is 0 Å². The molecule has 7 heteroatoms. The van der Waals surface area contributed by atoms with Gasteiger partial charge in [0.1, 0.15) is 5.75 Å². The number of primary amides is 1. The van der Waals surface area contributed by atoms with Gasteiger partial charge in [-0.1, -0.05) is 35.6 Å². The molecule has 2 aliphatic rings. The second-order valence-electron chi connectivity index (χ2n) is 7.93. The molecule has 2 unspecified atom stereocenters. The number of benzene rings is 2. The normalized spacial score (nSPS) is 23.9. The summed E-state index contributed by atoms with van der Waals surface area (Å²) in [5.74, 6) is 0.806. The van der Waals surface area contributed by atoms with E-state index in [9.17, 15) is 4.79 Å². The van der Waals surface area contributed by atoms with Crippen LogP contribution in [0, 0.1) is 0 Å². The predicted octanol–water partition coefficient (Wildman–Crippen LogP) is 4.25. The van der Waals surface area contributed by atoms with Crippen LogP contribution in [0.1, 0.15) is 31.2 Å². The largest absolute Gasteiger partial charge is 0.431 e. The number of hydrogen-bond donors (Lipinski definition) is 2. The quantitative estimate of drug-likeness (QED) is 0.661. The van der Waals surface area contributed by atoms with Crippen LogP contribution in [0.2, 0.25) is 0 Å². The first-order chi connectivity index (χ1) is 14.1. The van der Waals surface area contributed by atoms with Crippen molar-refractivity contribution in [3.8, 4) is 10.9 Å². The summed E-state index contributed by atoms with van der Waals surface area (Å²) in [6.07, 6.45) is 4.36. The average Bonchev–Trinajstić information content (AvgIpc) is 3.20. The molecule has 1 aromatic heterocycles. The van der Waals surface area contributed by atoms with Gasteiger partial charge in [-0.25, -0.2) is 9.78 Å². The molecule has 2 bridgehead atoms. The maximum Gasteiger partial charge on any atom is 0.312 e. The number of rotatable bonds is 5. The third kappa shape index (κ3) is 3.93. The highest BCUT2D eigenvalue weighted by Crippen LogP contribution is 2.37. The van der Waals surface area contributed by atoms with Gasteiger partial charge in [0.05, 0.1) is 10.2 Å². The van der Waals surface area contributed by atoms with Crippen molar-refractivity contribution in [3.05, 3.63) is 54.1 Å². The van der Waals surface area contributed by atoms with Crippen LogP contribution in [-0.4, -0.2) is 34.0 Å². The molecule has 3 atom stereocenters. The van der Waals surface area contributed by atoms with Crippen molar-refractivity contribution in [2.45, 2.75) is 50.4 Å². The predicted molar refractivity (Wildman–Crippen MR) is 114 cm³/mol. The number of carbonyl (C=O) groups is 1. The molecule has 3 aromatic rings. The van der Waals surface area contributed by atoms with E-state index in [4.69, 9.17) is 10.5 Å². The number of amides is 2. The molecular formula is C22H24N4O2S. The first-order valence-electron chi connectivity index (χ1n) is 10.1. The number of piperidine rings is 1. The van der Waals surface area contributed by atoms with Gasteiger partial charge in [0.25, 0.3) is 5.19 Å². The summed E-state index contributed by atoms with van der Waals surface area (Å²) in [4.78, 5) is 18.3. The second-order valence-corrected chi connectivity index (χ2v) is 8.92. The number of nitrogens with two attached hydrogens (primary N) is 1. The first-order valence-corrected chi connectivity index (χ1v) is 10.9. The zero-order valence-corrected chi connectivity index (χ0v) is 16.9. The Morgan fingerprint density at radius 3 is 2.55 bits per heavy atom. The Bertz CT molecular complexity index is 972. The van der Waals surface area contributed by atoms with Crippen molar-refractivity contribution in [1.29, 1.82) is 0 Å². The van der Waals surface area contributed by atoms with E-state index in [-0.39, 0.29) is 6.04 Å². The Hall–Kier alpha value is -2.64. The van der Waals surface area contributed by atoms with Crippen LogP contribution in [0.15, 0.2) is 48.5 Å². The number of fused-ring (bicyclic) bond motifs is 3. The van der Waals surface area contributed by atoms with E-state index in [2.05, 4.69) is 33.4 Å². The van der Waals surface area contributed by atoms with Crippen LogP contribution in [0.25, 0.3) is 10.2 Å². The number of nitrogens with zero attached hydrogens (tertiary/aromatic N) is 2. The lowest BCUT2D eigenvalue weighted by Gasteiger charge is -2.39. The van der Waals surface area contributed by atoms with E-state index in [1.165, 1.54) is 18.4 Å². The summed E-state index contributed by atoms with van der Waals surface area (Å²) in [6, 6.07) is 17.2. The van der Waals surface area contributed by atoms with Crippen molar-refractivity contribution >= 4 is 27.6 Å². The van der Waals surface area contributed by atoms with Gasteiger partial charge in [-0.2, -0.15) is 0 Å². The molecule has 0 saturated carbocycles. The fourth-order valence-corrected chi connectivity index (χ4v) is 5.56. The van der Waals surface area contributed by atoms with Crippen LogP contribution in [-0.2, 0) is 6.54 Å². The van der Waals surface area contributed by atoms with Crippen LogP contribution in [0.4, 0.5) is 4.79 Å². The molecule has 3 heterocycles. The topological polar surface area (TPSA) is 80.5 Å². The molecular weight excluding hydrogens is 384 g/mol. The number of ether oxygens (including phenoxy) is 1. The number of hydrogen-bond acceptors (Lipinski definition) is 5. The van der Waals surface area contributed by atoms with E-state index < -0.39 is 6.03 Å². The minimum Gasteiger partial charge on any atom is -0.431 e. The molecule has 0 radical (unpaired) electrons. The average molecular weight is 409 g/mol. The van der Waals surface area contributed by atoms with Gasteiger partial charge in [0.2, 0.25) is 0 Å². The molecule has 2 aliphatic heterocycles. The SMILES string of the molecule is NC(=O)NC1CC2CC[C@@H](C1)N2Cc1ccc(Oc2nc3ccccc3s2)cc1. The molecule has 2 aromatic carbocycles. The van der Waals surface area contributed by atoms with Crippen LogP contribution in [0.3, 0.4) is 0 Å². The van der Waals surface area contributed by atoms with Crippen LogP contribution >= 0.6 is 11.3 Å². The van der Waals surface area contributed by atoms with E-state index in [0.29, 0.717) is 17.3 Å². The standard InChI is InChI=1S/C22H24N4O2S/c23-21(27)24-15-11-16-7-8-17(12-15)26(16)13-14-5-9-18(10-6-14)28-22-25-19-3-1-2-4-20(19)29-22/h1-6,9-10,15-17H,7-8,11-13H2,(H3,23,24,27)/t15?,16-,17?/m0/s1. The van der Waals surface area contributed by atoms with Gasteiger partial charge >= 0.3 is 6.03 Å². The molecule has 0 aliphatic carbocycles. The van der Waals surface area contributed by atoms with Crippen molar-refractivity contribution < 1.29 is 9.53 Å². The van der Waals surface area contributed by atoms with Crippen LogP contribution in [0.5, 0.6) is 10.9 Å². The summed E-state index contributed by atoms with van der Waals surface area (Å²) < 4.78 is 7.08. The monoisotopic (exact) mass is 408 g/mol. The number of thiazole rings is 1. The lowest BCUT2D eigenvalue weighted by atomic mass is 9.96. The molecule has 2 fully saturated rings. The zero-order valence-electron chi connectivity index (χ0n) is 16.1. The van der Waals surface area contributed by atoms with Crippen LogP contribution < -0.4 is 15.8 Å². The summed E-state index contributed by atoms with van der Waals surface area (Å²) in [5.41, 5.74) is 7.55. The number of carbonyl (C=O) groups excluding carboxylic acids is 1. The fourth-order valence-electron chi connectivity index (χ4n) is 4.72. The van der Waals surface area contributed by atoms with Gasteiger partial charge in [0.15, 0.2) is 0 Å². The zero-order chi connectivity index (χ0) is 19.8. The number of nitrogens with one attached hydrogen (secondary N) is 1. The smallest absolute Gasteiger partial charge is 0.312 e. The second kappa shape index (κ2) is 7.65. The molecule has 5 rings (SSSR count). The summed E-state index contributed by atoms with van der Waals surface area (Å²) >= 11 is 1.56. The molecule has 2 saturated heterocycles. The fraction of sp³-hybridized carbons (Fsp3) is 0.364. The van der Waals surface area contributed by atoms with Crippen molar-refractivity contribution in [2.75, 3.05) is 0 Å². The summed E-state index contributed by atoms with van der Waals surface area (Å²) in [7, 11) is 0. The lowest BCUT2D eigenvalue weighted by Crippen LogP contribution is -2.51. The Balaban J connectivity index is 1.22. The Kier molecular flexibility index (Phi) is 4.85. The number of urea groups is 1. The summed E-state index contributed by atoms with van der Waals surface area (Å²) in [5, 5.41) is 3.57. The van der Waals surface area contributed by atoms with E-state index in [1.54, 1.807) is 11.3 Å². The van der Waals surface area contributed by atoms with Gasteiger partial charge in [0, 0.05) is 24.7 Å². The Labute approximate surface area is 173 Å².